The third kappa shape index (κ3) is 2.26. The van der Waals surface area contributed by atoms with Crippen molar-refractivity contribution in [2.75, 3.05) is 0 Å². The van der Waals surface area contributed by atoms with Gasteiger partial charge in [0.05, 0.1) is 0 Å². The third-order valence-electron chi connectivity index (χ3n) is 5.93. The van der Waals surface area contributed by atoms with Crippen molar-refractivity contribution < 1.29 is 9.53 Å². The van der Waals surface area contributed by atoms with E-state index in [4.69, 9.17) is 4.74 Å². The van der Waals surface area contributed by atoms with Crippen molar-refractivity contribution in [1.29, 1.82) is 0 Å². The molecule has 1 heterocycles. The van der Waals surface area contributed by atoms with Crippen molar-refractivity contribution in [1.82, 2.24) is 0 Å². The molecular formula is C21H26O2. The van der Waals surface area contributed by atoms with E-state index in [1.165, 1.54) is 24.0 Å². The minimum Gasteiger partial charge on any atom is -0.486 e. The van der Waals surface area contributed by atoms with Crippen molar-refractivity contribution in [3.05, 3.63) is 46.7 Å². The Labute approximate surface area is 138 Å². The molecule has 1 aromatic rings. The second-order valence-electron chi connectivity index (χ2n) is 8.43. The van der Waals surface area contributed by atoms with Gasteiger partial charge in [0.2, 0.25) is 0 Å². The standard InChI is InChI=1S/C21H26O2/c1-14-7-9-15(10-8-14)21-11-5-4-6-16(21)19-17(22)12-20(2,3)13-18(19)23-21/h7-10,16H,4-6,11-13H2,1-3H3/t16-,21+/m0/s1. The predicted molar refractivity (Wildman–Crippen MR) is 90.9 cm³/mol. The van der Waals surface area contributed by atoms with Crippen LogP contribution in [0.3, 0.4) is 0 Å². The van der Waals surface area contributed by atoms with Crippen molar-refractivity contribution in [2.24, 2.45) is 11.3 Å². The first-order valence-corrected chi connectivity index (χ1v) is 8.94. The number of allylic oxidation sites excluding steroid dienone is 1. The van der Waals surface area contributed by atoms with Crippen LogP contribution >= 0.6 is 0 Å². The summed E-state index contributed by atoms with van der Waals surface area (Å²) in [6, 6.07) is 8.76. The van der Waals surface area contributed by atoms with Crippen LogP contribution in [0.4, 0.5) is 0 Å². The summed E-state index contributed by atoms with van der Waals surface area (Å²) in [5.74, 6) is 1.59. The van der Waals surface area contributed by atoms with E-state index in [-0.39, 0.29) is 16.9 Å². The van der Waals surface area contributed by atoms with Gasteiger partial charge in [0.1, 0.15) is 11.4 Å². The van der Waals surface area contributed by atoms with Crippen molar-refractivity contribution >= 4 is 5.78 Å². The molecule has 2 aliphatic carbocycles. The van der Waals surface area contributed by atoms with Crippen LogP contribution in [0.2, 0.25) is 0 Å². The van der Waals surface area contributed by atoms with Gasteiger partial charge in [-0.05, 0) is 37.2 Å². The Morgan fingerprint density at radius 2 is 1.83 bits per heavy atom. The van der Waals surface area contributed by atoms with Crippen LogP contribution in [-0.4, -0.2) is 5.78 Å². The summed E-state index contributed by atoms with van der Waals surface area (Å²) >= 11 is 0. The maximum atomic E-state index is 12.8. The van der Waals surface area contributed by atoms with Crippen molar-refractivity contribution in [2.45, 2.75) is 64.9 Å². The molecule has 1 fully saturated rings. The summed E-state index contributed by atoms with van der Waals surface area (Å²) in [6.07, 6.45) is 6.06. The lowest BCUT2D eigenvalue weighted by Gasteiger charge is -2.40. The zero-order valence-electron chi connectivity index (χ0n) is 14.4. The smallest absolute Gasteiger partial charge is 0.163 e. The molecule has 0 N–H and O–H groups in total. The molecule has 0 radical (unpaired) electrons. The number of hydrogen-bond acceptors (Lipinski definition) is 2. The van der Waals surface area contributed by atoms with E-state index in [2.05, 4.69) is 45.0 Å². The molecule has 0 saturated heterocycles. The van der Waals surface area contributed by atoms with Gasteiger partial charge < -0.3 is 4.74 Å². The minimum absolute atomic E-state index is 0.0257. The lowest BCUT2D eigenvalue weighted by molar-refractivity contribution is -0.118. The molecule has 1 aliphatic heterocycles. The first-order valence-electron chi connectivity index (χ1n) is 8.94. The van der Waals surface area contributed by atoms with E-state index in [9.17, 15) is 4.79 Å². The van der Waals surface area contributed by atoms with E-state index >= 15 is 0 Å². The first-order chi connectivity index (χ1) is 10.9. The summed E-state index contributed by atoms with van der Waals surface area (Å²) in [5.41, 5.74) is 3.30. The van der Waals surface area contributed by atoms with Gasteiger partial charge in [-0.3, -0.25) is 4.79 Å². The zero-order chi connectivity index (χ0) is 16.2. The van der Waals surface area contributed by atoms with Gasteiger partial charge in [-0.2, -0.15) is 0 Å². The number of ether oxygens (including phenoxy) is 1. The zero-order valence-corrected chi connectivity index (χ0v) is 14.4. The number of aryl methyl sites for hydroxylation is 1. The maximum absolute atomic E-state index is 12.8. The Bertz CT molecular complexity index is 680. The summed E-state index contributed by atoms with van der Waals surface area (Å²) in [5, 5.41) is 0. The van der Waals surface area contributed by atoms with Crippen molar-refractivity contribution in [3.8, 4) is 0 Å². The first kappa shape index (κ1) is 15.0. The Hall–Kier alpha value is -1.57. The van der Waals surface area contributed by atoms with Gasteiger partial charge in [-0.25, -0.2) is 0 Å². The molecule has 1 aromatic carbocycles. The molecule has 4 rings (SSSR count). The second kappa shape index (κ2) is 4.96. The highest BCUT2D eigenvalue weighted by Gasteiger charge is 2.55. The molecule has 0 bridgehead atoms. The van der Waals surface area contributed by atoms with Gasteiger partial charge >= 0.3 is 0 Å². The number of Topliss-reactive ketones (excluding diaryl/α,β-unsaturated/α-hetero) is 1. The van der Waals surface area contributed by atoms with E-state index < -0.39 is 0 Å². The second-order valence-corrected chi connectivity index (χ2v) is 8.43. The summed E-state index contributed by atoms with van der Waals surface area (Å²) in [6.45, 7) is 6.47. The summed E-state index contributed by atoms with van der Waals surface area (Å²) < 4.78 is 6.65. The molecular weight excluding hydrogens is 284 g/mol. The van der Waals surface area contributed by atoms with Gasteiger partial charge in [0, 0.05) is 24.3 Å². The number of rotatable bonds is 1. The number of carbonyl (C=O) groups is 1. The number of benzene rings is 1. The molecule has 0 aromatic heterocycles. The lowest BCUT2D eigenvalue weighted by atomic mass is 9.66. The molecule has 2 atom stereocenters. The van der Waals surface area contributed by atoms with E-state index in [0.29, 0.717) is 12.2 Å². The highest BCUT2D eigenvalue weighted by atomic mass is 16.5. The van der Waals surface area contributed by atoms with Crippen LogP contribution in [0.15, 0.2) is 35.6 Å². The summed E-state index contributed by atoms with van der Waals surface area (Å²) in [4.78, 5) is 12.8. The van der Waals surface area contributed by atoms with Crippen molar-refractivity contribution in [3.63, 3.8) is 0 Å². The topological polar surface area (TPSA) is 26.3 Å². The van der Waals surface area contributed by atoms with E-state index in [0.717, 1.165) is 30.6 Å². The number of fused-ring (bicyclic) bond motifs is 2. The van der Waals surface area contributed by atoms with Crippen LogP contribution in [0.25, 0.3) is 0 Å². The highest BCUT2D eigenvalue weighted by Crippen LogP contribution is 2.58. The molecule has 122 valence electrons. The van der Waals surface area contributed by atoms with Gasteiger partial charge in [0.15, 0.2) is 5.78 Å². The van der Waals surface area contributed by atoms with E-state index in [1.54, 1.807) is 0 Å². The normalized spacial score (nSPS) is 32.3. The molecule has 0 unspecified atom stereocenters. The van der Waals surface area contributed by atoms with Crippen LogP contribution in [0, 0.1) is 18.3 Å². The Kier molecular flexibility index (Phi) is 3.23. The highest BCUT2D eigenvalue weighted by molar-refractivity contribution is 5.98. The molecule has 2 nitrogen and oxygen atoms in total. The molecule has 1 saturated carbocycles. The third-order valence-corrected chi connectivity index (χ3v) is 5.93. The average molecular weight is 310 g/mol. The average Bonchev–Trinajstić information content (AvgIpc) is 2.81. The Morgan fingerprint density at radius 1 is 1.09 bits per heavy atom. The monoisotopic (exact) mass is 310 g/mol. The number of carbonyl (C=O) groups excluding carboxylic acids is 1. The molecule has 0 amide bonds. The fourth-order valence-corrected chi connectivity index (χ4v) is 4.86. The molecule has 3 aliphatic rings. The van der Waals surface area contributed by atoms with Crippen LogP contribution < -0.4 is 0 Å². The largest absolute Gasteiger partial charge is 0.486 e. The van der Waals surface area contributed by atoms with Gasteiger partial charge in [0.25, 0.3) is 0 Å². The number of hydrogen-bond donors (Lipinski definition) is 0. The van der Waals surface area contributed by atoms with Gasteiger partial charge in [-0.1, -0.05) is 50.1 Å². The predicted octanol–water partition coefficient (Wildman–Crippen LogP) is 5.05. The molecule has 2 heteroatoms. The SMILES string of the molecule is Cc1ccc([C@]23CCCC[C@H]2C2=C(CC(C)(C)CC2=O)O3)cc1. The minimum atomic E-state index is -0.285. The Morgan fingerprint density at radius 3 is 2.57 bits per heavy atom. The van der Waals surface area contributed by atoms with E-state index in [1.807, 2.05) is 0 Å². The summed E-state index contributed by atoms with van der Waals surface area (Å²) in [7, 11) is 0. The molecule has 23 heavy (non-hydrogen) atoms. The fraction of sp³-hybridized carbons (Fsp3) is 0.571. The van der Waals surface area contributed by atoms with Crippen LogP contribution in [0.5, 0.6) is 0 Å². The fourth-order valence-electron chi connectivity index (χ4n) is 4.86. The number of ketones is 1. The molecule has 0 spiro atoms. The van der Waals surface area contributed by atoms with Crippen LogP contribution in [-0.2, 0) is 15.1 Å². The quantitative estimate of drug-likeness (QED) is 0.725. The van der Waals surface area contributed by atoms with Gasteiger partial charge in [-0.15, -0.1) is 0 Å². The maximum Gasteiger partial charge on any atom is 0.163 e. The lowest BCUT2D eigenvalue weighted by Crippen LogP contribution is -2.38. The Balaban J connectivity index is 1.79. The van der Waals surface area contributed by atoms with Crippen LogP contribution in [0.1, 0.15) is 63.5 Å².